The van der Waals surface area contributed by atoms with Crippen LogP contribution in [-0.4, -0.2) is 4.98 Å². The van der Waals surface area contributed by atoms with Crippen molar-refractivity contribution in [1.82, 2.24) is 10.7 Å². The quantitative estimate of drug-likeness (QED) is 0.565. The zero-order chi connectivity index (χ0) is 6.97. The predicted molar refractivity (Wildman–Crippen MR) is 40.1 cm³/mol. The van der Waals surface area contributed by atoms with Crippen LogP contribution in [-0.2, 0) is 0 Å². The second-order valence-corrected chi connectivity index (χ2v) is 2.22. The molecular weight excluding hydrogens is 124 g/mol. The van der Waals surface area contributed by atoms with Crippen LogP contribution in [0, 0.1) is 0 Å². The molecule has 2 radical (unpaired) electrons. The zero-order valence-corrected chi connectivity index (χ0v) is 5.33. The van der Waals surface area contributed by atoms with E-state index in [-0.39, 0.29) is 0 Å². The molecule has 2 heteroatoms. The second kappa shape index (κ2) is 1.77. The van der Waals surface area contributed by atoms with Gasteiger partial charge in [0, 0.05) is 17.1 Å². The fourth-order valence-corrected chi connectivity index (χ4v) is 1.07. The number of nitrogens with one attached hydrogen (secondary N) is 1. The van der Waals surface area contributed by atoms with E-state index in [9.17, 15) is 5.73 Å². The van der Waals surface area contributed by atoms with Crippen LogP contribution in [0.2, 0.25) is 0 Å². The molecule has 0 fully saturated rings. The van der Waals surface area contributed by atoms with E-state index in [2.05, 4.69) is 4.98 Å². The summed E-state index contributed by atoms with van der Waals surface area (Å²) in [6, 6.07) is 7.27. The van der Waals surface area contributed by atoms with Crippen LogP contribution in [0.15, 0.2) is 30.5 Å². The van der Waals surface area contributed by atoms with Gasteiger partial charge in [-0.05, 0) is 18.2 Å². The largest absolute Gasteiger partial charge is 0.361 e. The van der Waals surface area contributed by atoms with Gasteiger partial charge in [-0.15, -0.1) is 5.73 Å². The maximum Gasteiger partial charge on any atom is 0.0950 e. The van der Waals surface area contributed by atoms with Crippen molar-refractivity contribution in [2.24, 2.45) is 0 Å². The highest BCUT2D eigenvalue weighted by Crippen LogP contribution is 2.19. The Labute approximate surface area is 58.7 Å². The number of rotatable bonds is 0. The molecule has 1 heterocycles. The lowest BCUT2D eigenvalue weighted by molar-refractivity contribution is 1.47. The van der Waals surface area contributed by atoms with Gasteiger partial charge in [0.15, 0.2) is 0 Å². The number of H-pyrrole nitrogens is 1. The van der Waals surface area contributed by atoms with Crippen LogP contribution in [0.1, 0.15) is 0 Å². The summed E-state index contributed by atoms with van der Waals surface area (Å²) in [6.07, 6.45) is 1.81. The van der Waals surface area contributed by atoms with Crippen molar-refractivity contribution in [1.29, 1.82) is 0 Å². The van der Waals surface area contributed by atoms with Gasteiger partial charge < -0.3 is 4.98 Å². The molecule has 2 rings (SSSR count). The van der Waals surface area contributed by atoms with Crippen LogP contribution in [0.5, 0.6) is 0 Å². The molecule has 0 aliphatic rings. The fraction of sp³-hybridized carbons (Fsp3) is 0. The van der Waals surface area contributed by atoms with E-state index in [1.807, 2.05) is 24.4 Å². The maximum atomic E-state index is 9.24. The average Bonchev–Trinajstić information content (AvgIpc) is 2.36. The topological polar surface area (TPSA) is 38.1 Å². The van der Waals surface area contributed by atoms with E-state index in [1.165, 1.54) is 0 Å². The predicted octanol–water partition coefficient (Wildman–Crippen LogP) is 1.87. The number of aromatic nitrogens is 1. The summed E-state index contributed by atoms with van der Waals surface area (Å²) in [5.74, 6) is 0. The summed E-state index contributed by atoms with van der Waals surface area (Å²) >= 11 is 0. The fourth-order valence-electron chi connectivity index (χ4n) is 1.07. The summed E-state index contributed by atoms with van der Waals surface area (Å²) in [5.41, 5.74) is 10.5. The highest BCUT2D eigenvalue weighted by atomic mass is 14.7. The van der Waals surface area contributed by atoms with Crippen LogP contribution >= 0.6 is 0 Å². The van der Waals surface area contributed by atoms with Crippen molar-refractivity contribution >= 4 is 16.6 Å². The van der Waals surface area contributed by atoms with Crippen molar-refractivity contribution in [3.05, 3.63) is 30.5 Å². The second-order valence-electron chi connectivity index (χ2n) is 2.22. The van der Waals surface area contributed by atoms with E-state index in [1.54, 1.807) is 6.07 Å². The molecule has 1 N–H and O–H groups in total. The molecule has 0 spiro atoms. The first-order chi connectivity index (χ1) is 4.88. The Morgan fingerprint density at radius 2 is 2.10 bits per heavy atom. The van der Waals surface area contributed by atoms with Gasteiger partial charge >= 0.3 is 0 Å². The van der Waals surface area contributed by atoms with Crippen LogP contribution in [0.25, 0.3) is 10.9 Å². The van der Waals surface area contributed by atoms with Gasteiger partial charge in [-0.1, -0.05) is 6.07 Å². The normalized spacial score (nSPS) is 10.4. The Hall–Kier alpha value is -1.44. The van der Waals surface area contributed by atoms with E-state index < -0.39 is 0 Å². The highest BCUT2D eigenvalue weighted by Gasteiger charge is 1.96. The molecule has 0 unspecified atom stereocenters. The zero-order valence-electron chi connectivity index (χ0n) is 5.33. The standard InChI is InChI=1S/C8H6N2/c9-7-2-1-3-8-6(7)4-5-10-8/h1-5,10H. The lowest BCUT2D eigenvalue weighted by Gasteiger charge is -1.89. The third-order valence-electron chi connectivity index (χ3n) is 1.57. The number of nitrogens with zero attached hydrogens (tertiary/aromatic N) is 1. The van der Waals surface area contributed by atoms with Gasteiger partial charge in [-0.3, -0.25) is 0 Å². The third-order valence-corrected chi connectivity index (χ3v) is 1.57. The van der Waals surface area contributed by atoms with Gasteiger partial charge in [0.05, 0.1) is 5.69 Å². The maximum absolute atomic E-state index is 9.24. The molecule has 0 bridgehead atoms. The van der Waals surface area contributed by atoms with Crippen molar-refractivity contribution in [2.45, 2.75) is 0 Å². The molecular formula is C8H6N2. The summed E-state index contributed by atoms with van der Waals surface area (Å²) in [6.45, 7) is 0. The van der Waals surface area contributed by atoms with Crippen molar-refractivity contribution in [3.8, 4) is 0 Å². The summed E-state index contributed by atoms with van der Waals surface area (Å²) in [5, 5.41) is 0.877. The third kappa shape index (κ3) is 0.589. The van der Waals surface area contributed by atoms with E-state index in [0.717, 1.165) is 10.9 Å². The molecule has 0 amide bonds. The minimum atomic E-state index is 0.332. The molecule has 2 nitrogen and oxygen atoms in total. The van der Waals surface area contributed by atoms with E-state index in [4.69, 9.17) is 0 Å². The molecule has 1 aromatic carbocycles. The molecule has 0 saturated carbocycles. The highest BCUT2D eigenvalue weighted by molar-refractivity contribution is 5.89. The van der Waals surface area contributed by atoms with Crippen LogP contribution in [0.3, 0.4) is 0 Å². The lowest BCUT2D eigenvalue weighted by atomic mass is 10.2. The Bertz CT molecular complexity index is 349. The Balaban J connectivity index is 2.95. The first kappa shape index (κ1) is 5.35. The average molecular weight is 130 g/mol. The number of hydrogen-bond acceptors (Lipinski definition) is 0. The number of fused-ring (bicyclic) bond motifs is 1. The molecule has 0 aliphatic carbocycles. The minimum Gasteiger partial charge on any atom is -0.361 e. The van der Waals surface area contributed by atoms with Gasteiger partial charge in [0.25, 0.3) is 0 Å². The number of benzene rings is 1. The number of aromatic amines is 1. The molecule has 1 aromatic heterocycles. The molecule has 0 aliphatic heterocycles. The van der Waals surface area contributed by atoms with Gasteiger partial charge in [0.2, 0.25) is 0 Å². The van der Waals surface area contributed by atoms with E-state index >= 15 is 0 Å². The Morgan fingerprint density at radius 3 is 2.90 bits per heavy atom. The van der Waals surface area contributed by atoms with Gasteiger partial charge in [0.1, 0.15) is 0 Å². The first-order valence-corrected chi connectivity index (χ1v) is 3.13. The molecule has 48 valence electrons. The summed E-state index contributed by atoms with van der Waals surface area (Å²) in [7, 11) is 0. The SMILES string of the molecule is [N]c1cccc2[nH]ccc12. The first-order valence-electron chi connectivity index (χ1n) is 3.13. The number of hydrogen-bond donors (Lipinski definition) is 1. The smallest absolute Gasteiger partial charge is 0.0950 e. The molecule has 0 atom stereocenters. The van der Waals surface area contributed by atoms with Gasteiger partial charge in [-0.2, -0.15) is 0 Å². The minimum absolute atomic E-state index is 0.332. The van der Waals surface area contributed by atoms with Crippen molar-refractivity contribution in [3.63, 3.8) is 0 Å². The van der Waals surface area contributed by atoms with Crippen molar-refractivity contribution < 1.29 is 0 Å². The Morgan fingerprint density at radius 1 is 1.20 bits per heavy atom. The van der Waals surface area contributed by atoms with Crippen LogP contribution < -0.4 is 5.73 Å². The van der Waals surface area contributed by atoms with Crippen molar-refractivity contribution in [2.75, 3.05) is 0 Å². The van der Waals surface area contributed by atoms with Crippen LogP contribution in [0.4, 0.5) is 5.69 Å². The monoisotopic (exact) mass is 130 g/mol. The van der Waals surface area contributed by atoms with E-state index in [0.29, 0.717) is 5.69 Å². The Kier molecular flexibility index (Phi) is 0.947. The molecule has 2 aromatic rings. The molecule has 10 heavy (non-hydrogen) atoms. The lowest BCUT2D eigenvalue weighted by Crippen LogP contribution is -1.69. The summed E-state index contributed by atoms with van der Waals surface area (Å²) in [4.78, 5) is 3.00. The van der Waals surface area contributed by atoms with Gasteiger partial charge in [-0.25, -0.2) is 0 Å². The summed E-state index contributed by atoms with van der Waals surface area (Å²) < 4.78 is 0. The molecule has 0 saturated heterocycles.